The summed E-state index contributed by atoms with van der Waals surface area (Å²) in [7, 11) is 0. The number of hydrogen-bond donors (Lipinski definition) is 1. The molecule has 1 aliphatic heterocycles. The first kappa shape index (κ1) is 28.3. The van der Waals surface area contributed by atoms with Crippen molar-refractivity contribution in [3.8, 4) is 0 Å². The van der Waals surface area contributed by atoms with E-state index in [1.807, 2.05) is 0 Å². The summed E-state index contributed by atoms with van der Waals surface area (Å²) in [5.41, 5.74) is -1.47. The number of hydrogen-bond acceptors (Lipinski definition) is 4. The fourth-order valence-electron chi connectivity index (χ4n) is 4.06. The quantitative estimate of drug-likeness (QED) is 0.349. The summed E-state index contributed by atoms with van der Waals surface area (Å²) in [5.74, 6) is -1.46. The molecule has 3 atom stereocenters. The van der Waals surface area contributed by atoms with Gasteiger partial charge in [-0.2, -0.15) is 26.3 Å². The zero-order valence-electron chi connectivity index (χ0n) is 20.4. The number of esters is 1. The molecule has 1 heterocycles. The number of carbonyl (C=O) groups is 2. The molecule has 2 aromatic carbocycles. The highest BCUT2D eigenvalue weighted by Gasteiger charge is 2.41. The molecule has 0 saturated carbocycles. The number of carbonyl (C=O) groups excluding carboxylic acids is 2. The Hall–Kier alpha value is -3.24. The highest BCUT2D eigenvalue weighted by molar-refractivity contribution is 5.77. The summed E-state index contributed by atoms with van der Waals surface area (Å²) in [4.78, 5) is 25.2. The second-order valence-electron chi connectivity index (χ2n) is 9.95. The first-order chi connectivity index (χ1) is 17.0. The Morgan fingerprint density at radius 2 is 1.41 bits per heavy atom. The lowest BCUT2D eigenvalue weighted by atomic mass is 9.89. The number of alkyl halides is 6. The molecule has 1 aliphatic rings. The normalized spacial score (nSPS) is 19.3. The maximum Gasteiger partial charge on any atom is 0.416 e. The lowest BCUT2D eigenvalue weighted by Gasteiger charge is -2.26. The second kappa shape index (κ2) is 10.6. The summed E-state index contributed by atoms with van der Waals surface area (Å²) in [6.45, 7) is 4.96. The van der Waals surface area contributed by atoms with Gasteiger partial charge in [-0.1, -0.05) is 24.3 Å². The number of alkyl carbamates (subject to hydrolysis) is 1. The minimum atomic E-state index is -4.51. The smallest absolute Gasteiger partial charge is 0.416 e. The number of cyclic esters (lactones) is 1. The van der Waals surface area contributed by atoms with Crippen LogP contribution < -0.4 is 5.32 Å². The van der Waals surface area contributed by atoms with E-state index >= 15 is 0 Å². The van der Waals surface area contributed by atoms with Gasteiger partial charge >= 0.3 is 24.4 Å². The van der Waals surface area contributed by atoms with E-state index in [0.717, 1.165) is 24.3 Å². The summed E-state index contributed by atoms with van der Waals surface area (Å²) in [5, 5.41) is 2.64. The van der Waals surface area contributed by atoms with E-state index < -0.39 is 59.2 Å². The van der Waals surface area contributed by atoms with E-state index in [1.165, 1.54) is 24.3 Å². The predicted octanol–water partition coefficient (Wildman–Crippen LogP) is 6.33. The van der Waals surface area contributed by atoms with Gasteiger partial charge in [0.05, 0.1) is 17.0 Å². The highest BCUT2D eigenvalue weighted by atomic mass is 19.4. The zero-order valence-corrected chi connectivity index (χ0v) is 20.4. The fraction of sp³-hybridized carbons (Fsp3) is 0.462. The van der Waals surface area contributed by atoms with Crippen LogP contribution in [0, 0.1) is 5.92 Å². The van der Waals surface area contributed by atoms with Crippen molar-refractivity contribution < 1.29 is 45.4 Å². The maximum absolute atomic E-state index is 12.9. The standard InChI is InChI=1S/C26H27F6NO4/c1-24(2,3)37-23(35)33-21(13-16-6-10-18(11-7-16)26(30,31)32)20-14-19(36-22(20)34)12-15-4-8-17(9-5-15)25(27,28)29/h4-11,19-21H,12-14H2,1-3H3,(H,33,35)/t19-,20-,21+/m0/s1. The molecule has 202 valence electrons. The molecular weight excluding hydrogens is 504 g/mol. The Bertz CT molecular complexity index is 1090. The minimum absolute atomic E-state index is 0.0319. The number of ether oxygens (including phenoxy) is 2. The Kier molecular flexibility index (Phi) is 8.14. The largest absolute Gasteiger partial charge is 0.462 e. The van der Waals surface area contributed by atoms with E-state index in [2.05, 4.69) is 5.32 Å². The first-order valence-corrected chi connectivity index (χ1v) is 11.5. The number of amides is 1. The SMILES string of the molecule is CC(C)(C)OC(=O)N[C@H](Cc1ccc(C(F)(F)F)cc1)[C@@H]1C[C@H](Cc2ccc(C(F)(F)F)cc2)OC1=O. The number of nitrogens with one attached hydrogen (secondary N) is 1. The van der Waals surface area contributed by atoms with Crippen molar-refractivity contribution in [1.29, 1.82) is 0 Å². The highest BCUT2D eigenvalue weighted by Crippen LogP contribution is 2.32. The molecule has 37 heavy (non-hydrogen) atoms. The van der Waals surface area contributed by atoms with Crippen molar-refractivity contribution in [3.63, 3.8) is 0 Å². The van der Waals surface area contributed by atoms with Crippen LogP contribution in [0.2, 0.25) is 0 Å². The van der Waals surface area contributed by atoms with Crippen LogP contribution >= 0.6 is 0 Å². The van der Waals surface area contributed by atoms with Crippen molar-refractivity contribution in [3.05, 3.63) is 70.8 Å². The Balaban J connectivity index is 1.75. The van der Waals surface area contributed by atoms with Gasteiger partial charge in [-0.05, 0) is 69.0 Å². The molecule has 1 saturated heterocycles. The number of halogens is 6. The zero-order chi connectivity index (χ0) is 27.6. The van der Waals surface area contributed by atoms with Crippen LogP contribution in [0.4, 0.5) is 31.1 Å². The van der Waals surface area contributed by atoms with Crippen molar-refractivity contribution in [2.24, 2.45) is 5.92 Å². The molecule has 0 unspecified atom stereocenters. The van der Waals surface area contributed by atoms with Crippen LogP contribution in [0.3, 0.4) is 0 Å². The van der Waals surface area contributed by atoms with Gasteiger partial charge in [0, 0.05) is 12.5 Å². The fourth-order valence-corrected chi connectivity index (χ4v) is 4.06. The van der Waals surface area contributed by atoms with Crippen molar-refractivity contribution in [2.45, 2.75) is 70.1 Å². The molecule has 0 bridgehead atoms. The Labute approximate surface area is 210 Å². The number of benzene rings is 2. The van der Waals surface area contributed by atoms with E-state index in [9.17, 15) is 35.9 Å². The van der Waals surface area contributed by atoms with E-state index in [-0.39, 0.29) is 19.3 Å². The molecule has 0 spiro atoms. The van der Waals surface area contributed by atoms with Crippen LogP contribution in [0.5, 0.6) is 0 Å². The second-order valence-corrected chi connectivity index (χ2v) is 9.95. The third-order valence-corrected chi connectivity index (χ3v) is 5.77. The molecule has 0 aromatic heterocycles. The average Bonchev–Trinajstić information content (AvgIpc) is 3.11. The third kappa shape index (κ3) is 8.13. The molecule has 1 amide bonds. The first-order valence-electron chi connectivity index (χ1n) is 11.5. The van der Waals surface area contributed by atoms with Crippen LogP contribution in [-0.4, -0.2) is 29.8 Å². The summed E-state index contributed by atoms with van der Waals surface area (Å²) < 4.78 is 87.9. The summed E-state index contributed by atoms with van der Waals surface area (Å²) >= 11 is 0. The molecule has 2 aromatic rings. The molecule has 1 fully saturated rings. The summed E-state index contributed by atoms with van der Waals surface area (Å²) in [6.07, 6.45) is -10.1. The van der Waals surface area contributed by atoms with Gasteiger partial charge in [0.15, 0.2) is 0 Å². The predicted molar refractivity (Wildman–Crippen MR) is 121 cm³/mol. The summed E-state index contributed by atoms with van der Waals surface area (Å²) in [6, 6.07) is 8.03. The lowest BCUT2D eigenvalue weighted by Crippen LogP contribution is -2.45. The molecule has 0 aliphatic carbocycles. The van der Waals surface area contributed by atoms with Gasteiger partial charge in [-0.3, -0.25) is 4.79 Å². The van der Waals surface area contributed by atoms with Crippen LogP contribution in [-0.2, 0) is 39.5 Å². The van der Waals surface area contributed by atoms with Gasteiger partial charge in [0.25, 0.3) is 0 Å². The molecule has 1 N–H and O–H groups in total. The topological polar surface area (TPSA) is 64.6 Å². The van der Waals surface area contributed by atoms with Crippen LogP contribution in [0.1, 0.15) is 49.4 Å². The van der Waals surface area contributed by atoms with Gasteiger partial charge in [-0.25, -0.2) is 4.79 Å². The minimum Gasteiger partial charge on any atom is -0.462 e. The van der Waals surface area contributed by atoms with Gasteiger partial charge in [0.1, 0.15) is 11.7 Å². The third-order valence-electron chi connectivity index (χ3n) is 5.77. The van der Waals surface area contributed by atoms with Crippen molar-refractivity contribution >= 4 is 12.1 Å². The van der Waals surface area contributed by atoms with Gasteiger partial charge in [-0.15, -0.1) is 0 Å². The van der Waals surface area contributed by atoms with Crippen LogP contribution in [0.15, 0.2) is 48.5 Å². The number of rotatable bonds is 6. The Morgan fingerprint density at radius 3 is 1.86 bits per heavy atom. The molecule has 5 nitrogen and oxygen atoms in total. The van der Waals surface area contributed by atoms with E-state index in [4.69, 9.17) is 9.47 Å². The molecule has 0 radical (unpaired) electrons. The molecular formula is C26H27F6NO4. The monoisotopic (exact) mass is 531 g/mol. The maximum atomic E-state index is 12.9. The van der Waals surface area contributed by atoms with Crippen LogP contribution in [0.25, 0.3) is 0 Å². The lowest BCUT2D eigenvalue weighted by molar-refractivity contribution is -0.145. The average molecular weight is 531 g/mol. The van der Waals surface area contributed by atoms with E-state index in [0.29, 0.717) is 11.1 Å². The van der Waals surface area contributed by atoms with E-state index in [1.54, 1.807) is 20.8 Å². The van der Waals surface area contributed by atoms with Crippen molar-refractivity contribution in [2.75, 3.05) is 0 Å². The van der Waals surface area contributed by atoms with Gasteiger partial charge < -0.3 is 14.8 Å². The molecule has 11 heteroatoms. The van der Waals surface area contributed by atoms with Gasteiger partial charge in [0.2, 0.25) is 0 Å². The molecule has 3 rings (SSSR count). The Morgan fingerprint density at radius 1 is 0.919 bits per heavy atom. The van der Waals surface area contributed by atoms with Crippen molar-refractivity contribution in [1.82, 2.24) is 5.32 Å².